The molecule has 0 radical (unpaired) electrons. The van der Waals surface area contributed by atoms with Gasteiger partial charge in [-0.25, -0.2) is 18.4 Å². The average molecular weight is 496 g/mol. The zero-order valence-corrected chi connectivity index (χ0v) is 19.6. The fourth-order valence-electron chi connectivity index (χ4n) is 2.94. The number of nitrogens with zero attached hydrogens (tertiary/aromatic N) is 1. The summed E-state index contributed by atoms with van der Waals surface area (Å²) in [7, 11) is -3.75. The van der Waals surface area contributed by atoms with Gasteiger partial charge in [0.25, 0.3) is 5.91 Å². The molecule has 0 atom stereocenters. The van der Waals surface area contributed by atoms with Crippen LogP contribution in [-0.2, 0) is 26.0 Å². The van der Waals surface area contributed by atoms with Crippen LogP contribution in [0.15, 0.2) is 87.5 Å². The number of hydrogen-bond acceptors (Lipinski definition) is 7. The van der Waals surface area contributed by atoms with E-state index in [9.17, 15) is 23.3 Å². The molecule has 10 heteroatoms. The highest BCUT2D eigenvalue weighted by molar-refractivity contribution is 7.99. The van der Waals surface area contributed by atoms with E-state index >= 15 is 0 Å². The van der Waals surface area contributed by atoms with E-state index < -0.39 is 28.5 Å². The van der Waals surface area contributed by atoms with E-state index in [4.69, 9.17) is 9.88 Å². The number of amides is 1. The lowest BCUT2D eigenvalue weighted by Gasteiger charge is -2.10. The molecular weight excluding hydrogens is 474 g/mol. The predicted molar refractivity (Wildman–Crippen MR) is 127 cm³/mol. The molecule has 174 valence electrons. The van der Waals surface area contributed by atoms with Crippen molar-refractivity contribution < 1.29 is 22.7 Å². The maximum absolute atomic E-state index is 12.6. The van der Waals surface area contributed by atoms with E-state index in [1.807, 2.05) is 6.07 Å². The minimum Gasteiger partial charge on any atom is -0.452 e. The van der Waals surface area contributed by atoms with Crippen LogP contribution in [0, 0.1) is 11.3 Å². The number of carbonyl (C=O) groups is 2. The molecule has 0 unspecified atom stereocenters. The molecule has 0 aromatic heterocycles. The maximum Gasteiger partial charge on any atom is 0.339 e. The third-order valence-electron chi connectivity index (χ3n) is 4.66. The molecule has 3 aromatic rings. The molecule has 0 aliphatic rings. The molecule has 0 saturated carbocycles. The highest BCUT2D eigenvalue weighted by atomic mass is 32.2. The molecule has 0 aliphatic carbocycles. The Morgan fingerprint density at radius 2 is 1.62 bits per heavy atom. The highest BCUT2D eigenvalue weighted by Crippen LogP contribution is 2.32. The molecule has 34 heavy (non-hydrogen) atoms. The van der Waals surface area contributed by atoms with Gasteiger partial charge in [0.15, 0.2) is 6.61 Å². The number of benzene rings is 3. The van der Waals surface area contributed by atoms with Crippen LogP contribution in [-0.4, -0.2) is 33.4 Å². The van der Waals surface area contributed by atoms with Crippen LogP contribution in [0.2, 0.25) is 0 Å². The van der Waals surface area contributed by atoms with Gasteiger partial charge in [0.1, 0.15) is 6.07 Å². The number of nitrogens with one attached hydrogen (secondary N) is 1. The van der Waals surface area contributed by atoms with Gasteiger partial charge in [0, 0.05) is 16.3 Å². The van der Waals surface area contributed by atoms with Gasteiger partial charge in [-0.3, -0.25) is 4.79 Å². The Labute approximate surface area is 201 Å². The quantitative estimate of drug-likeness (QED) is 0.435. The normalized spacial score (nSPS) is 10.8. The number of primary sulfonamides is 1. The smallest absolute Gasteiger partial charge is 0.339 e. The summed E-state index contributed by atoms with van der Waals surface area (Å²) in [6.07, 6.45) is 0.461. The summed E-state index contributed by atoms with van der Waals surface area (Å²) in [5.74, 6) is -1.11. The van der Waals surface area contributed by atoms with Crippen LogP contribution in [0.4, 0.5) is 0 Å². The van der Waals surface area contributed by atoms with E-state index in [0.29, 0.717) is 27.3 Å². The largest absolute Gasteiger partial charge is 0.452 e. The highest BCUT2D eigenvalue weighted by Gasteiger charge is 2.16. The SMILES string of the molecule is N#Cc1ccccc1Sc1ccccc1C(=O)OCC(=O)NCCc1ccc(S(N)(=O)=O)cc1. The first-order chi connectivity index (χ1) is 16.3. The predicted octanol–water partition coefficient (Wildman–Crippen LogP) is 2.87. The van der Waals surface area contributed by atoms with Crippen LogP contribution < -0.4 is 10.5 Å². The fraction of sp³-hybridized carbons (Fsp3) is 0.125. The van der Waals surface area contributed by atoms with E-state index in [1.54, 1.807) is 54.6 Å². The summed E-state index contributed by atoms with van der Waals surface area (Å²) >= 11 is 1.27. The summed E-state index contributed by atoms with van der Waals surface area (Å²) < 4.78 is 27.7. The zero-order chi connectivity index (χ0) is 24.6. The van der Waals surface area contributed by atoms with Gasteiger partial charge in [-0.1, -0.05) is 48.2 Å². The lowest BCUT2D eigenvalue weighted by Crippen LogP contribution is -2.30. The van der Waals surface area contributed by atoms with Crippen molar-refractivity contribution in [2.24, 2.45) is 5.14 Å². The Hall–Kier alpha value is -3.65. The monoisotopic (exact) mass is 495 g/mol. The number of nitriles is 1. The lowest BCUT2D eigenvalue weighted by molar-refractivity contribution is -0.124. The first-order valence-corrected chi connectivity index (χ1v) is 12.5. The van der Waals surface area contributed by atoms with E-state index in [-0.39, 0.29) is 11.4 Å². The van der Waals surface area contributed by atoms with Crippen molar-refractivity contribution in [3.63, 3.8) is 0 Å². The zero-order valence-electron chi connectivity index (χ0n) is 17.9. The second kappa shape index (κ2) is 11.5. The Kier molecular flexibility index (Phi) is 8.43. The summed E-state index contributed by atoms with van der Waals surface area (Å²) in [5, 5.41) is 17.0. The molecule has 3 rings (SSSR count). The molecule has 0 saturated heterocycles. The first kappa shape index (κ1) is 25.0. The Balaban J connectivity index is 1.52. The van der Waals surface area contributed by atoms with Gasteiger partial charge in [0.2, 0.25) is 10.0 Å². The minimum atomic E-state index is -3.75. The van der Waals surface area contributed by atoms with Gasteiger partial charge in [0.05, 0.1) is 16.0 Å². The Morgan fingerprint density at radius 3 is 2.29 bits per heavy atom. The number of sulfonamides is 1. The fourth-order valence-corrected chi connectivity index (χ4v) is 4.47. The van der Waals surface area contributed by atoms with Crippen molar-refractivity contribution >= 4 is 33.7 Å². The van der Waals surface area contributed by atoms with E-state index in [2.05, 4.69) is 11.4 Å². The third kappa shape index (κ3) is 6.92. The van der Waals surface area contributed by atoms with Crippen molar-refractivity contribution in [3.05, 3.63) is 89.5 Å². The number of ether oxygens (including phenoxy) is 1. The van der Waals surface area contributed by atoms with Gasteiger partial charge in [-0.15, -0.1) is 0 Å². The molecule has 8 nitrogen and oxygen atoms in total. The molecule has 0 spiro atoms. The molecule has 3 N–H and O–H groups in total. The number of rotatable bonds is 9. The third-order valence-corrected chi connectivity index (χ3v) is 6.74. The van der Waals surface area contributed by atoms with Crippen molar-refractivity contribution in [1.82, 2.24) is 5.32 Å². The topological polar surface area (TPSA) is 139 Å². The van der Waals surface area contributed by atoms with Crippen LogP contribution in [0.1, 0.15) is 21.5 Å². The van der Waals surface area contributed by atoms with Crippen molar-refractivity contribution in [1.29, 1.82) is 5.26 Å². The summed E-state index contributed by atoms with van der Waals surface area (Å²) in [4.78, 5) is 26.0. The summed E-state index contributed by atoms with van der Waals surface area (Å²) in [6, 6.07) is 22.0. The number of esters is 1. The average Bonchev–Trinajstić information content (AvgIpc) is 2.83. The van der Waals surface area contributed by atoms with Gasteiger partial charge < -0.3 is 10.1 Å². The Bertz CT molecular complexity index is 1330. The molecule has 0 heterocycles. The molecule has 0 fully saturated rings. The first-order valence-electron chi connectivity index (χ1n) is 10.1. The van der Waals surface area contributed by atoms with Gasteiger partial charge in [-0.05, 0) is 48.4 Å². The Morgan fingerprint density at radius 1 is 0.971 bits per heavy atom. The van der Waals surface area contributed by atoms with E-state index in [1.165, 1.54) is 23.9 Å². The van der Waals surface area contributed by atoms with Crippen LogP contribution in [0.25, 0.3) is 0 Å². The van der Waals surface area contributed by atoms with E-state index in [0.717, 1.165) is 5.56 Å². The summed E-state index contributed by atoms with van der Waals surface area (Å²) in [5.41, 5.74) is 1.60. The molecule has 1 amide bonds. The molecule has 3 aromatic carbocycles. The second-order valence-corrected chi connectivity index (χ2v) is 9.72. The van der Waals surface area contributed by atoms with Crippen LogP contribution in [0.5, 0.6) is 0 Å². The summed E-state index contributed by atoms with van der Waals surface area (Å²) in [6.45, 7) is -0.167. The number of nitrogens with two attached hydrogens (primary N) is 1. The second-order valence-electron chi connectivity index (χ2n) is 7.07. The maximum atomic E-state index is 12.6. The number of hydrogen-bond donors (Lipinski definition) is 2. The van der Waals surface area contributed by atoms with Crippen molar-refractivity contribution in [2.45, 2.75) is 21.1 Å². The molecular formula is C24H21N3O5S2. The standard InChI is InChI=1S/C24H21N3O5S2/c25-15-18-5-1-3-7-21(18)33-22-8-4-2-6-20(22)24(29)32-16-23(28)27-14-13-17-9-11-19(12-10-17)34(26,30)31/h1-12H,13-14,16H2,(H,27,28)(H2,26,30,31). The van der Waals surface area contributed by atoms with Crippen LogP contribution in [0.3, 0.4) is 0 Å². The van der Waals surface area contributed by atoms with Crippen LogP contribution >= 0.6 is 11.8 Å². The van der Waals surface area contributed by atoms with Gasteiger partial charge >= 0.3 is 5.97 Å². The molecule has 0 aliphatic heterocycles. The minimum absolute atomic E-state index is 0.0155. The van der Waals surface area contributed by atoms with Crippen molar-refractivity contribution in [3.8, 4) is 6.07 Å². The van der Waals surface area contributed by atoms with Crippen molar-refractivity contribution in [2.75, 3.05) is 13.2 Å². The number of carbonyl (C=O) groups excluding carboxylic acids is 2. The lowest BCUT2D eigenvalue weighted by atomic mass is 10.1. The molecule has 0 bridgehead atoms. The van der Waals surface area contributed by atoms with Gasteiger partial charge in [-0.2, -0.15) is 5.26 Å².